The zero-order chi connectivity index (χ0) is 16.4. The summed E-state index contributed by atoms with van der Waals surface area (Å²) in [5.41, 5.74) is 8.15. The van der Waals surface area contributed by atoms with Crippen LogP contribution in [0.2, 0.25) is 0 Å². The molecule has 1 aliphatic rings. The van der Waals surface area contributed by atoms with Gasteiger partial charge in [-0.15, -0.1) is 0 Å². The van der Waals surface area contributed by atoms with E-state index in [1.54, 1.807) is 6.07 Å². The lowest BCUT2D eigenvalue weighted by Gasteiger charge is -2.28. The number of benzene rings is 2. The summed E-state index contributed by atoms with van der Waals surface area (Å²) < 4.78 is 5.88. The molecule has 4 rings (SSSR count). The van der Waals surface area contributed by atoms with Crippen LogP contribution < -0.4 is 20.7 Å². The minimum Gasteiger partial charge on any atom is -0.457 e. The number of piperazine rings is 1. The fourth-order valence-corrected chi connectivity index (χ4v) is 2.81. The third-order valence-electron chi connectivity index (χ3n) is 4.04. The second kappa shape index (κ2) is 6.33. The lowest BCUT2D eigenvalue weighted by Crippen LogP contribution is -2.43. The predicted octanol–water partition coefficient (Wildman–Crippen LogP) is 2.41. The largest absolute Gasteiger partial charge is 0.457 e. The van der Waals surface area contributed by atoms with E-state index in [1.165, 1.54) is 0 Å². The number of nitrogens with zero attached hydrogens (tertiary/aromatic N) is 3. The molecule has 1 saturated heterocycles. The van der Waals surface area contributed by atoms with E-state index in [2.05, 4.69) is 15.2 Å². The number of nitrogens with two attached hydrogens (primary N) is 1. The Morgan fingerprint density at radius 3 is 2.67 bits per heavy atom. The summed E-state index contributed by atoms with van der Waals surface area (Å²) in [5, 5.41) is 3.34. The molecule has 24 heavy (non-hydrogen) atoms. The monoisotopic (exact) mass is 321 g/mol. The minimum atomic E-state index is 0.675. The third-order valence-corrected chi connectivity index (χ3v) is 4.04. The normalized spacial score (nSPS) is 14.8. The molecular weight excluding hydrogens is 302 g/mol. The molecule has 6 heteroatoms. The van der Waals surface area contributed by atoms with Gasteiger partial charge in [-0.25, -0.2) is 4.98 Å². The maximum atomic E-state index is 5.88. The summed E-state index contributed by atoms with van der Waals surface area (Å²) in [6, 6.07) is 13.1. The van der Waals surface area contributed by atoms with Gasteiger partial charge in [-0.3, -0.25) is 4.98 Å². The molecule has 0 amide bonds. The van der Waals surface area contributed by atoms with Gasteiger partial charge in [0.15, 0.2) is 0 Å². The van der Waals surface area contributed by atoms with Crippen molar-refractivity contribution in [3.05, 3.63) is 48.7 Å². The Morgan fingerprint density at radius 1 is 1.00 bits per heavy atom. The van der Waals surface area contributed by atoms with Crippen molar-refractivity contribution in [3.8, 4) is 11.5 Å². The Kier molecular flexibility index (Phi) is 3.88. The van der Waals surface area contributed by atoms with Gasteiger partial charge < -0.3 is 20.7 Å². The second-order valence-corrected chi connectivity index (χ2v) is 5.79. The average molecular weight is 321 g/mol. The summed E-state index contributed by atoms with van der Waals surface area (Å²) in [7, 11) is 0. The molecule has 6 nitrogen and oxygen atoms in total. The van der Waals surface area contributed by atoms with Crippen LogP contribution in [0.1, 0.15) is 0 Å². The molecule has 3 N–H and O–H groups in total. The average Bonchev–Trinajstić information content (AvgIpc) is 2.62. The fourth-order valence-electron chi connectivity index (χ4n) is 2.81. The zero-order valence-electron chi connectivity index (χ0n) is 13.3. The molecule has 2 heterocycles. The first-order valence-electron chi connectivity index (χ1n) is 8.04. The number of hydrogen-bond donors (Lipinski definition) is 2. The Hall–Kier alpha value is -2.86. The van der Waals surface area contributed by atoms with Crippen molar-refractivity contribution in [1.82, 2.24) is 15.3 Å². The van der Waals surface area contributed by atoms with Gasteiger partial charge in [0.1, 0.15) is 17.3 Å². The highest BCUT2D eigenvalue weighted by molar-refractivity contribution is 5.77. The van der Waals surface area contributed by atoms with Gasteiger partial charge in [0.25, 0.3) is 0 Å². The van der Waals surface area contributed by atoms with Gasteiger partial charge >= 0.3 is 0 Å². The Bertz CT molecular complexity index is 861. The number of rotatable bonds is 3. The van der Waals surface area contributed by atoms with E-state index in [1.807, 2.05) is 42.6 Å². The lowest BCUT2D eigenvalue weighted by molar-refractivity contribution is 0.483. The molecule has 0 radical (unpaired) electrons. The van der Waals surface area contributed by atoms with Crippen LogP contribution in [0.5, 0.6) is 11.5 Å². The molecule has 3 aromatic rings. The number of ether oxygens (including phenoxy) is 1. The van der Waals surface area contributed by atoms with E-state index in [0.29, 0.717) is 11.4 Å². The number of fused-ring (bicyclic) bond motifs is 1. The molecule has 0 aliphatic carbocycles. The first kappa shape index (κ1) is 14.7. The van der Waals surface area contributed by atoms with E-state index in [4.69, 9.17) is 15.5 Å². The molecule has 1 fully saturated rings. The van der Waals surface area contributed by atoms with Gasteiger partial charge in [0.05, 0.1) is 17.2 Å². The highest BCUT2D eigenvalue weighted by atomic mass is 16.5. The van der Waals surface area contributed by atoms with E-state index in [9.17, 15) is 0 Å². The van der Waals surface area contributed by atoms with Crippen LogP contribution in [-0.4, -0.2) is 36.1 Å². The van der Waals surface area contributed by atoms with Gasteiger partial charge in [-0.05, 0) is 24.3 Å². The van der Waals surface area contributed by atoms with E-state index < -0.39 is 0 Å². The molecule has 0 unspecified atom stereocenters. The van der Waals surface area contributed by atoms with E-state index >= 15 is 0 Å². The van der Waals surface area contributed by atoms with Crippen LogP contribution in [0.3, 0.4) is 0 Å². The Morgan fingerprint density at radius 2 is 1.83 bits per heavy atom. The van der Waals surface area contributed by atoms with Gasteiger partial charge in [0, 0.05) is 44.0 Å². The number of aromatic nitrogens is 2. The number of hydrogen-bond acceptors (Lipinski definition) is 6. The molecule has 0 bridgehead atoms. The molecular formula is C18H19N5O. The predicted molar refractivity (Wildman–Crippen MR) is 95.5 cm³/mol. The highest BCUT2D eigenvalue weighted by Gasteiger charge is 2.13. The van der Waals surface area contributed by atoms with Crippen LogP contribution in [0.4, 0.5) is 11.5 Å². The Balaban J connectivity index is 1.63. The molecule has 0 atom stereocenters. The lowest BCUT2D eigenvalue weighted by atomic mass is 10.2. The van der Waals surface area contributed by atoms with Crippen LogP contribution in [0.15, 0.2) is 48.7 Å². The summed E-state index contributed by atoms with van der Waals surface area (Å²) in [4.78, 5) is 11.5. The van der Waals surface area contributed by atoms with Crippen LogP contribution >= 0.6 is 0 Å². The quantitative estimate of drug-likeness (QED) is 0.722. The SMILES string of the molecule is Nc1cccc(Oc2ccc3ncc(N4CCNCC4)nc3c2)c1. The van der Waals surface area contributed by atoms with Gasteiger partial charge in [-0.1, -0.05) is 6.07 Å². The van der Waals surface area contributed by atoms with Crippen molar-refractivity contribution in [1.29, 1.82) is 0 Å². The van der Waals surface area contributed by atoms with Gasteiger partial charge in [-0.2, -0.15) is 0 Å². The molecule has 1 aromatic heterocycles. The first-order valence-corrected chi connectivity index (χ1v) is 8.04. The second-order valence-electron chi connectivity index (χ2n) is 5.79. The van der Waals surface area contributed by atoms with Crippen LogP contribution in [0, 0.1) is 0 Å². The highest BCUT2D eigenvalue weighted by Crippen LogP contribution is 2.26. The third kappa shape index (κ3) is 3.09. The minimum absolute atomic E-state index is 0.675. The Labute approximate surface area is 140 Å². The van der Waals surface area contributed by atoms with Crippen LogP contribution in [0.25, 0.3) is 11.0 Å². The topological polar surface area (TPSA) is 76.3 Å². The summed E-state index contributed by atoms with van der Waals surface area (Å²) in [5.74, 6) is 2.34. The molecule has 1 aliphatic heterocycles. The summed E-state index contributed by atoms with van der Waals surface area (Å²) in [6.07, 6.45) is 1.84. The van der Waals surface area contributed by atoms with E-state index in [-0.39, 0.29) is 0 Å². The van der Waals surface area contributed by atoms with Crippen molar-refractivity contribution >= 4 is 22.5 Å². The summed E-state index contributed by atoms with van der Waals surface area (Å²) in [6.45, 7) is 3.83. The fraction of sp³-hybridized carbons (Fsp3) is 0.222. The molecule has 0 saturated carbocycles. The van der Waals surface area contributed by atoms with E-state index in [0.717, 1.165) is 48.8 Å². The maximum Gasteiger partial charge on any atom is 0.147 e. The number of anilines is 2. The smallest absolute Gasteiger partial charge is 0.147 e. The maximum absolute atomic E-state index is 5.88. The van der Waals surface area contributed by atoms with Gasteiger partial charge in [0.2, 0.25) is 0 Å². The first-order chi connectivity index (χ1) is 11.8. The zero-order valence-corrected chi connectivity index (χ0v) is 13.3. The van der Waals surface area contributed by atoms with Crippen molar-refractivity contribution in [3.63, 3.8) is 0 Å². The van der Waals surface area contributed by atoms with Crippen molar-refractivity contribution in [2.24, 2.45) is 0 Å². The van der Waals surface area contributed by atoms with Crippen molar-refractivity contribution < 1.29 is 4.74 Å². The number of nitrogens with one attached hydrogen (secondary N) is 1. The standard InChI is InChI=1S/C18H19N5O/c19-13-2-1-3-14(10-13)24-15-4-5-16-17(11-15)22-18(12-21-16)23-8-6-20-7-9-23/h1-5,10-12,20H,6-9,19H2. The molecule has 2 aromatic carbocycles. The molecule has 0 spiro atoms. The van der Waals surface area contributed by atoms with Crippen molar-refractivity contribution in [2.75, 3.05) is 36.8 Å². The summed E-state index contributed by atoms with van der Waals surface area (Å²) >= 11 is 0. The van der Waals surface area contributed by atoms with Crippen molar-refractivity contribution in [2.45, 2.75) is 0 Å². The number of nitrogen functional groups attached to an aromatic ring is 1. The molecule has 122 valence electrons. The van der Waals surface area contributed by atoms with Crippen LogP contribution in [-0.2, 0) is 0 Å².